The predicted octanol–water partition coefficient (Wildman–Crippen LogP) is 3.37. The zero-order valence-corrected chi connectivity index (χ0v) is 24.6. The number of methoxy groups -OCH3 is 1. The number of hydrogen-bond acceptors (Lipinski definition) is 8. The van der Waals surface area contributed by atoms with Gasteiger partial charge in [-0.05, 0) is 62.8 Å². The molecule has 0 aromatic carbocycles. The van der Waals surface area contributed by atoms with E-state index in [0.717, 1.165) is 19.4 Å². The molecule has 0 radical (unpaired) electrons. The molecule has 8 unspecified atom stereocenters. The Morgan fingerprint density at radius 2 is 1.89 bits per heavy atom. The van der Waals surface area contributed by atoms with Crippen LogP contribution in [0.5, 0.6) is 0 Å². The van der Waals surface area contributed by atoms with Crippen molar-refractivity contribution in [1.82, 2.24) is 0 Å². The molecule has 6 N–H and O–H groups in total. The van der Waals surface area contributed by atoms with E-state index in [4.69, 9.17) is 25.4 Å². The zero-order chi connectivity index (χ0) is 28.5. The smallest absolute Gasteiger partial charge is 0.183 e. The van der Waals surface area contributed by atoms with Crippen molar-refractivity contribution in [3.05, 3.63) is 22.8 Å². The standard InChI is InChI=1S/C21H34O2.C6H12O4.C3H9NO/c1-13(2)16-8-9-21(4)11-18-15(12-23-5)6-7-17(18)14(3)20(22)10-19(16)21;1-4-2-9-3-10-6(8)5(4)7;4-2-1-3-5/h11,13-15,17,20,22H,6-10,12H2,1-5H3;4-8H,2-3H2,1H3;5H,1-4H2/b18-11-;;. The minimum atomic E-state index is -1.10. The third-order valence-electron chi connectivity index (χ3n) is 8.86. The lowest BCUT2D eigenvalue weighted by molar-refractivity contribution is -0.187. The maximum Gasteiger partial charge on any atom is 0.183 e. The fourth-order valence-corrected chi connectivity index (χ4v) is 6.36. The van der Waals surface area contributed by atoms with E-state index in [1.807, 2.05) is 7.11 Å². The molecule has 4 aliphatic rings. The number of hydrogen-bond donors (Lipinski definition) is 5. The van der Waals surface area contributed by atoms with E-state index in [-0.39, 0.29) is 30.8 Å². The molecule has 1 heterocycles. The number of fused-ring (bicyclic) bond motifs is 2. The average molecular weight is 542 g/mol. The first-order valence-electron chi connectivity index (χ1n) is 14.5. The number of aliphatic hydroxyl groups is 4. The van der Waals surface area contributed by atoms with Crippen LogP contribution in [0.4, 0.5) is 0 Å². The van der Waals surface area contributed by atoms with Gasteiger partial charge in [0, 0.05) is 31.0 Å². The number of rotatable bonds is 5. The second kappa shape index (κ2) is 15.8. The van der Waals surface area contributed by atoms with Crippen LogP contribution in [0.25, 0.3) is 0 Å². The Labute approximate surface area is 230 Å². The summed E-state index contributed by atoms with van der Waals surface area (Å²) < 4.78 is 15.1. The Morgan fingerprint density at radius 1 is 1.18 bits per heavy atom. The van der Waals surface area contributed by atoms with Gasteiger partial charge in [0.15, 0.2) is 6.29 Å². The third-order valence-corrected chi connectivity index (χ3v) is 8.86. The summed E-state index contributed by atoms with van der Waals surface area (Å²) in [5.74, 6) is 1.98. The number of allylic oxidation sites excluding steroid dienone is 2. The molecule has 38 heavy (non-hydrogen) atoms. The van der Waals surface area contributed by atoms with E-state index < -0.39 is 12.4 Å². The summed E-state index contributed by atoms with van der Waals surface area (Å²) >= 11 is 0. The average Bonchev–Trinajstić information content (AvgIpc) is 3.37. The molecule has 3 aliphatic carbocycles. The van der Waals surface area contributed by atoms with Crippen LogP contribution in [0.15, 0.2) is 22.8 Å². The van der Waals surface area contributed by atoms with E-state index in [1.165, 1.54) is 25.7 Å². The van der Waals surface area contributed by atoms with E-state index in [0.29, 0.717) is 36.8 Å². The summed E-state index contributed by atoms with van der Waals surface area (Å²) in [6.07, 6.45) is 6.92. The van der Waals surface area contributed by atoms with Crippen LogP contribution < -0.4 is 5.73 Å². The van der Waals surface area contributed by atoms with Gasteiger partial charge in [-0.15, -0.1) is 0 Å². The maximum absolute atomic E-state index is 10.9. The molecule has 8 nitrogen and oxygen atoms in total. The van der Waals surface area contributed by atoms with Crippen LogP contribution >= 0.6 is 0 Å². The maximum atomic E-state index is 10.9. The van der Waals surface area contributed by atoms with Gasteiger partial charge < -0.3 is 40.4 Å². The van der Waals surface area contributed by atoms with Crippen LogP contribution in [0.3, 0.4) is 0 Å². The van der Waals surface area contributed by atoms with Crippen molar-refractivity contribution in [3.8, 4) is 0 Å². The molecular weight excluding hydrogens is 486 g/mol. The van der Waals surface area contributed by atoms with Gasteiger partial charge in [0.05, 0.1) is 19.3 Å². The lowest BCUT2D eigenvalue weighted by Crippen LogP contribution is -2.32. The molecule has 0 bridgehead atoms. The highest BCUT2D eigenvalue weighted by Crippen LogP contribution is 2.54. The molecule has 8 atom stereocenters. The van der Waals surface area contributed by atoms with Gasteiger partial charge in [-0.2, -0.15) is 0 Å². The number of nitrogens with two attached hydrogens (primary N) is 1. The van der Waals surface area contributed by atoms with Crippen molar-refractivity contribution >= 4 is 0 Å². The summed E-state index contributed by atoms with van der Waals surface area (Å²) in [6, 6.07) is 0. The fourth-order valence-electron chi connectivity index (χ4n) is 6.36. The van der Waals surface area contributed by atoms with Gasteiger partial charge in [-0.3, -0.25) is 0 Å². The zero-order valence-electron chi connectivity index (χ0n) is 24.6. The van der Waals surface area contributed by atoms with Gasteiger partial charge >= 0.3 is 0 Å². The monoisotopic (exact) mass is 541 g/mol. The normalized spacial score (nSPS) is 38.4. The molecule has 0 amide bonds. The Bertz CT molecular complexity index is 756. The fraction of sp³-hybridized carbons (Fsp3) is 0.867. The van der Waals surface area contributed by atoms with Crippen molar-refractivity contribution in [2.24, 2.45) is 40.7 Å². The molecule has 8 heteroatoms. The van der Waals surface area contributed by atoms with Gasteiger partial charge in [-0.1, -0.05) is 57.4 Å². The Morgan fingerprint density at radius 3 is 2.47 bits per heavy atom. The van der Waals surface area contributed by atoms with Crippen LogP contribution in [0.1, 0.15) is 73.1 Å². The highest BCUT2D eigenvalue weighted by Gasteiger charge is 2.44. The van der Waals surface area contributed by atoms with Crippen molar-refractivity contribution in [2.45, 2.75) is 91.6 Å². The van der Waals surface area contributed by atoms with Crippen LogP contribution in [0.2, 0.25) is 0 Å². The highest BCUT2D eigenvalue weighted by molar-refractivity contribution is 5.38. The number of ether oxygens (including phenoxy) is 3. The van der Waals surface area contributed by atoms with E-state index in [9.17, 15) is 10.2 Å². The first kappa shape index (κ1) is 33.4. The topological polar surface area (TPSA) is 135 Å². The lowest BCUT2D eigenvalue weighted by Gasteiger charge is -2.37. The first-order chi connectivity index (χ1) is 18.0. The molecule has 1 saturated carbocycles. The predicted molar refractivity (Wildman–Crippen MR) is 149 cm³/mol. The minimum Gasteiger partial charge on any atom is -0.396 e. The molecule has 222 valence electrons. The number of aliphatic hydroxyl groups excluding tert-OH is 4. The second-order valence-electron chi connectivity index (χ2n) is 12.1. The summed E-state index contributed by atoms with van der Waals surface area (Å²) in [4.78, 5) is 0. The minimum absolute atomic E-state index is 0.0581. The van der Waals surface area contributed by atoms with E-state index in [1.54, 1.807) is 23.6 Å². The Hall–Kier alpha value is -0.840. The lowest BCUT2D eigenvalue weighted by atomic mass is 9.70. The summed E-state index contributed by atoms with van der Waals surface area (Å²) in [5, 5.41) is 37.0. The highest BCUT2D eigenvalue weighted by atomic mass is 16.7. The van der Waals surface area contributed by atoms with Crippen LogP contribution in [0, 0.1) is 35.0 Å². The van der Waals surface area contributed by atoms with Crippen molar-refractivity contribution in [1.29, 1.82) is 0 Å². The largest absolute Gasteiger partial charge is 0.396 e. The molecule has 4 rings (SSSR count). The first-order valence-corrected chi connectivity index (χ1v) is 14.5. The summed E-state index contributed by atoms with van der Waals surface area (Å²) in [5.41, 5.74) is 9.87. The Kier molecular flexibility index (Phi) is 13.9. The van der Waals surface area contributed by atoms with Gasteiger partial charge in [0.25, 0.3) is 0 Å². The Balaban J connectivity index is 0.000000279. The SMILES string of the molecule is CC1COCOC(O)C1O.COCC1CCC2/C1=C\C1(C)CCC(C(C)C)=C1CC(O)C2C.NCCCO. The van der Waals surface area contributed by atoms with Gasteiger partial charge in [-0.25, -0.2) is 0 Å². The molecule has 2 fully saturated rings. The van der Waals surface area contributed by atoms with Gasteiger partial charge in [0.2, 0.25) is 0 Å². The quantitative estimate of drug-likeness (QED) is 0.335. The molecular formula is C30H55NO7. The summed E-state index contributed by atoms with van der Waals surface area (Å²) in [7, 11) is 1.81. The van der Waals surface area contributed by atoms with Crippen molar-refractivity contribution in [2.75, 3.05) is 40.3 Å². The van der Waals surface area contributed by atoms with E-state index in [2.05, 4.69) is 38.5 Å². The van der Waals surface area contributed by atoms with E-state index >= 15 is 0 Å². The second-order valence-corrected chi connectivity index (χ2v) is 12.1. The van der Waals surface area contributed by atoms with Crippen molar-refractivity contribution < 1.29 is 34.6 Å². The van der Waals surface area contributed by atoms with Crippen LogP contribution in [-0.4, -0.2) is 79.2 Å². The molecule has 0 aromatic rings. The van der Waals surface area contributed by atoms with Crippen LogP contribution in [-0.2, 0) is 14.2 Å². The third kappa shape index (κ3) is 8.58. The molecule has 0 spiro atoms. The molecule has 0 aromatic heterocycles. The van der Waals surface area contributed by atoms with Gasteiger partial charge in [0.1, 0.15) is 12.9 Å². The van der Waals surface area contributed by atoms with Crippen molar-refractivity contribution in [3.63, 3.8) is 0 Å². The summed E-state index contributed by atoms with van der Waals surface area (Å²) in [6.45, 7) is 13.2. The molecule has 1 saturated heterocycles. The molecule has 1 aliphatic heterocycles.